The minimum absolute atomic E-state index is 0.527. The predicted octanol–water partition coefficient (Wildman–Crippen LogP) is 4.70. The largest absolute Gasteiger partial charge is 0.300 e. The molecule has 25 heavy (non-hydrogen) atoms. The van der Waals surface area contributed by atoms with Crippen molar-refractivity contribution >= 4 is 34.0 Å². The Morgan fingerprint density at radius 1 is 1.12 bits per heavy atom. The predicted molar refractivity (Wildman–Crippen MR) is 100 cm³/mol. The molecule has 1 aromatic carbocycles. The number of thiazole rings is 1. The van der Waals surface area contributed by atoms with Gasteiger partial charge < -0.3 is 5.32 Å². The Hall–Kier alpha value is -2.77. The number of benzene rings is 1. The van der Waals surface area contributed by atoms with Gasteiger partial charge in [0.25, 0.3) is 0 Å². The van der Waals surface area contributed by atoms with Crippen molar-refractivity contribution in [3.63, 3.8) is 0 Å². The number of aromatic nitrogens is 5. The van der Waals surface area contributed by atoms with E-state index in [1.807, 2.05) is 48.8 Å². The summed E-state index contributed by atoms with van der Waals surface area (Å²) >= 11 is 7.78. The summed E-state index contributed by atoms with van der Waals surface area (Å²) < 4.78 is 0. The molecule has 3 heterocycles. The third kappa shape index (κ3) is 3.24. The normalized spacial score (nSPS) is 10.8. The topological polar surface area (TPSA) is 79.4 Å². The summed E-state index contributed by atoms with van der Waals surface area (Å²) in [6.07, 6.45) is 3.53. The van der Waals surface area contributed by atoms with Crippen molar-refractivity contribution in [1.29, 1.82) is 0 Å². The summed E-state index contributed by atoms with van der Waals surface area (Å²) in [5.41, 5.74) is 4.23. The monoisotopic (exact) mass is 368 g/mol. The molecule has 0 spiro atoms. The second kappa shape index (κ2) is 6.62. The molecule has 2 N–H and O–H groups in total. The Morgan fingerprint density at radius 2 is 2.00 bits per heavy atom. The van der Waals surface area contributed by atoms with E-state index in [9.17, 15) is 0 Å². The zero-order valence-corrected chi connectivity index (χ0v) is 14.8. The van der Waals surface area contributed by atoms with Crippen molar-refractivity contribution in [2.24, 2.45) is 0 Å². The van der Waals surface area contributed by atoms with Gasteiger partial charge in [-0.1, -0.05) is 29.8 Å². The molecule has 8 heteroatoms. The van der Waals surface area contributed by atoms with E-state index in [1.165, 1.54) is 11.3 Å². The van der Waals surface area contributed by atoms with Crippen molar-refractivity contribution in [3.05, 3.63) is 58.8 Å². The lowest BCUT2D eigenvalue weighted by Crippen LogP contribution is -1.97. The van der Waals surface area contributed by atoms with Crippen LogP contribution in [0.25, 0.3) is 22.5 Å². The molecule has 0 amide bonds. The molecule has 0 atom stereocenters. The molecule has 0 aliphatic rings. The van der Waals surface area contributed by atoms with Crippen LogP contribution in [0.1, 0.15) is 5.69 Å². The number of anilines is 2. The summed E-state index contributed by atoms with van der Waals surface area (Å²) in [5.74, 6) is 0.527. The van der Waals surface area contributed by atoms with Gasteiger partial charge in [0.2, 0.25) is 5.95 Å². The molecular formula is C17H13ClN6S. The molecule has 0 unspecified atom stereocenters. The summed E-state index contributed by atoms with van der Waals surface area (Å²) in [6, 6.07) is 9.46. The first kappa shape index (κ1) is 15.7. The maximum Gasteiger partial charge on any atom is 0.229 e. The van der Waals surface area contributed by atoms with Gasteiger partial charge in [-0.05, 0) is 19.1 Å². The van der Waals surface area contributed by atoms with E-state index in [1.54, 1.807) is 6.20 Å². The smallest absolute Gasteiger partial charge is 0.229 e. The SMILES string of the molecule is Cc1ccnc(Nc2nc(-c3c[nH]nc3-c3ccccc3Cl)cs2)n1. The Bertz CT molecular complexity index is 1030. The van der Waals surface area contributed by atoms with Gasteiger partial charge >= 0.3 is 0 Å². The Balaban J connectivity index is 1.66. The summed E-state index contributed by atoms with van der Waals surface area (Å²) in [7, 11) is 0. The number of hydrogen-bond donors (Lipinski definition) is 2. The molecule has 4 rings (SSSR count). The highest BCUT2D eigenvalue weighted by Gasteiger charge is 2.15. The van der Waals surface area contributed by atoms with Crippen LogP contribution >= 0.6 is 22.9 Å². The number of halogens is 1. The van der Waals surface area contributed by atoms with Crippen LogP contribution < -0.4 is 5.32 Å². The molecule has 0 aliphatic carbocycles. The van der Waals surface area contributed by atoms with Crippen molar-refractivity contribution in [1.82, 2.24) is 25.1 Å². The van der Waals surface area contributed by atoms with Crippen LogP contribution in [-0.4, -0.2) is 25.1 Å². The Kier molecular flexibility index (Phi) is 4.17. The van der Waals surface area contributed by atoms with Crippen molar-refractivity contribution in [3.8, 4) is 22.5 Å². The van der Waals surface area contributed by atoms with Crippen LogP contribution in [0.5, 0.6) is 0 Å². The maximum absolute atomic E-state index is 6.30. The van der Waals surface area contributed by atoms with Crippen molar-refractivity contribution in [2.75, 3.05) is 5.32 Å². The van der Waals surface area contributed by atoms with Crippen molar-refractivity contribution in [2.45, 2.75) is 6.92 Å². The fraction of sp³-hybridized carbons (Fsp3) is 0.0588. The third-order valence-electron chi connectivity index (χ3n) is 3.56. The van der Waals surface area contributed by atoms with E-state index in [-0.39, 0.29) is 0 Å². The lowest BCUT2D eigenvalue weighted by molar-refractivity contribution is 1.10. The number of H-pyrrole nitrogens is 1. The fourth-order valence-electron chi connectivity index (χ4n) is 2.40. The first-order chi connectivity index (χ1) is 12.2. The molecule has 0 fully saturated rings. The van der Waals surface area contributed by atoms with Crippen molar-refractivity contribution < 1.29 is 0 Å². The molecule has 0 saturated heterocycles. The van der Waals surface area contributed by atoms with Gasteiger partial charge in [0, 0.05) is 34.6 Å². The highest BCUT2D eigenvalue weighted by molar-refractivity contribution is 7.14. The minimum Gasteiger partial charge on any atom is -0.300 e. The molecule has 4 aromatic rings. The van der Waals surface area contributed by atoms with Gasteiger partial charge in [-0.2, -0.15) is 5.10 Å². The van der Waals surface area contributed by atoms with Gasteiger partial charge in [0.05, 0.1) is 10.7 Å². The zero-order valence-electron chi connectivity index (χ0n) is 13.2. The van der Waals surface area contributed by atoms with Gasteiger partial charge in [-0.15, -0.1) is 11.3 Å². The number of rotatable bonds is 4. The number of nitrogens with zero attached hydrogens (tertiary/aromatic N) is 4. The highest BCUT2D eigenvalue weighted by Crippen LogP contribution is 2.35. The number of aromatic amines is 1. The van der Waals surface area contributed by atoms with E-state index < -0.39 is 0 Å². The van der Waals surface area contributed by atoms with Crippen LogP contribution in [0.15, 0.2) is 48.1 Å². The first-order valence-electron chi connectivity index (χ1n) is 7.52. The molecule has 124 valence electrons. The first-order valence-corrected chi connectivity index (χ1v) is 8.78. The van der Waals surface area contributed by atoms with Gasteiger partial charge in [0.1, 0.15) is 5.69 Å². The van der Waals surface area contributed by atoms with Gasteiger partial charge in [0.15, 0.2) is 5.13 Å². The molecule has 3 aromatic heterocycles. The second-order valence-electron chi connectivity index (χ2n) is 5.31. The van der Waals surface area contributed by atoms with E-state index in [4.69, 9.17) is 11.6 Å². The van der Waals surface area contributed by atoms with Gasteiger partial charge in [-0.3, -0.25) is 5.10 Å². The number of hydrogen-bond acceptors (Lipinski definition) is 6. The highest BCUT2D eigenvalue weighted by atomic mass is 35.5. The summed E-state index contributed by atoms with van der Waals surface area (Å²) in [5, 5.41) is 13.7. The van der Waals surface area contributed by atoms with E-state index in [0.29, 0.717) is 16.1 Å². The summed E-state index contributed by atoms with van der Waals surface area (Å²) in [4.78, 5) is 13.1. The minimum atomic E-state index is 0.527. The van der Waals surface area contributed by atoms with E-state index in [2.05, 4.69) is 30.5 Å². The van der Waals surface area contributed by atoms with Crippen LogP contribution in [0.3, 0.4) is 0 Å². The second-order valence-corrected chi connectivity index (χ2v) is 6.58. The Labute approximate surface area is 153 Å². The maximum atomic E-state index is 6.30. The van der Waals surface area contributed by atoms with E-state index >= 15 is 0 Å². The molecule has 0 aliphatic heterocycles. The zero-order chi connectivity index (χ0) is 17.2. The van der Waals surface area contributed by atoms with Crippen LogP contribution in [0, 0.1) is 6.92 Å². The van der Waals surface area contributed by atoms with Crippen LogP contribution in [0.4, 0.5) is 11.1 Å². The van der Waals surface area contributed by atoms with E-state index in [0.717, 1.165) is 28.2 Å². The molecular weight excluding hydrogens is 356 g/mol. The quantitative estimate of drug-likeness (QED) is 0.546. The average Bonchev–Trinajstić information content (AvgIpc) is 3.24. The lowest BCUT2D eigenvalue weighted by Gasteiger charge is -2.03. The molecule has 0 saturated carbocycles. The average molecular weight is 369 g/mol. The van der Waals surface area contributed by atoms with Crippen LogP contribution in [-0.2, 0) is 0 Å². The number of aryl methyl sites for hydroxylation is 1. The summed E-state index contributed by atoms with van der Waals surface area (Å²) in [6.45, 7) is 1.92. The van der Waals surface area contributed by atoms with Gasteiger partial charge in [-0.25, -0.2) is 15.0 Å². The Morgan fingerprint density at radius 3 is 2.84 bits per heavy atom. The standard InChI is InChI=1S/C17H13ClN6S/c1-10-6-7-19-16(21-10)23-17-22-14(9-25-17)12-8-20-24-15(12)11-4-2-3-5-13(11)18/h2-9H,1H3,(H,20,24)(H,19,21,22,23). The third-order valence-corrected chi connectivity index (χ3v) is 4.65. The van der Waals surface area contributed by atoms with Crippen LogP contribution in [0.2, 0.25) is 5.02 Å². The molecule has 6 nitrogen and oxygen atoms in total. The molecule has 0 radical (unpaired) electrons. The fourth-order valence-corrected chi connectivity index (χ4v) is 3.33. The number of nitrogens with one attached hydrogen (secondary N) is 2. The molecule has 0 bridgehead atoms. The lowest BCUT2D eigenvalue weighted by atomic mass is 10.1.